The molecule has 1 unspecified atom stereocenters. The minimum atomic E-state index is 0.284. The molecule has 4 heteroatoms. The molecule has 0 amide bonds. The Kier molecular flexibility index (Phi) is 4.55. The molecule has 2 aromatic rings. The van der Waals surface area contributed by atoms with Crippen molar-refractivity contribution in [2.45, 2.75) is 19.4 Å². The third-order valence-corrected chi connectivity index (χ3v) is 3.76. The van der Waals surface area contributed by atoms with Gasteiger partial charge < -0.3 is 9.88 Å². The van der Waals surface area contributed by atoms with E-state index in [1.807, 2.05) is 25.5 Å². The monoisotopic (exact) mass is 307 g/mol. The van der Waals surface area contributed by atoms with Crippen LogP contribution in [-0.2, 0) is 13.5 Å². The van der Waals surface area contributed by atoms with Crippen LogP contribution in [0.4, 0.5) is 0 Å². The van der Waals surface area contributed by atoms with Crippen molar-refractivity contribution >= 4 is 15.9 Å². The van der Waals surface area contributed by atoms with Gasteiger partial charge in [0.25, 0.3) is 0 Å². The molecule has 0 radical (unpaired) electrons. The zero-order chi connectivity index (χ0) is 13.0. The van der Waals surface area contributed by atoms with Gasteiger partial charge in [-0.1, -0.05) is 41.1 Å². The summed E-state index contributed by atoms with van der Waals surface area (Å²) >= 11 is 3.62. The lowest BCUT2D eigenvalue weighted by molar-refractivity contribution is 0.527. The fraction of sp³-hybridized carbons (Fsp3) is 0.357. The molecule has 2 rings (SSSR count). The number of hydrogen-bond acceptors (Lipinski definition) is 2. The minimum absolute atomic E-state index is 0.284. The molecule has 0 saturated heterocycles. The van der Waals surface area contributed by atoms with E-state index in [-0.39, 0.29) is 6.04 Å². The molecule has 0 fully saturated rings. The summed E-state index contributed by atoms with van der Waals surface area (Å²) in [5.74, 6) is 1.09. The molecule has 0 aliphatic rings. The Morgan fingerprint density at radius 2 is 2.17 bits per heavy atom. The van der Waals surface area contributed by atoms with Gasteiger partial charge in [0.1, 0.15) is 5.82 Å². The normalized spacial score (nSPS) is 12.6. The van der Waals surface area contributed by atoms with Crippen LogP contribution in [0, 0.1) is 0 Å². The molecule has 96 valence electrons. The van der Waals surface area contributed by atoms with E-state index in [0.717, 1.165) is 23.3 Å². The average Bonchev–Trinajstić information content (AvgIpc) is 2.75. The summed E-state index contributed by atoms with van der Waals surface area (Å²) in [5.41, 5.74) is 1.28. The van der Waals surface area contributed by atoms with Crippen molar-refractivity contribution < 1.29 is 0 Å². The first-order chi connectivity index (χ1) is 8.72. The second-order valence-electron chi connectivity index (χ2n) is 4.29. The summed E-state index contributed by atoms with van der Waals surface area (Å²) in [6.07, 6.45) is 4.72. The second kappa shape index (κ2) is 6.16. The highest BCUT2D eigenvalue weighted by Gasteiger charge is 2.15. The van der Waals surface area contributed by atoms with E-state index in [1.54, 1.807) is 0 Å². The summed E-state index contributed by atoms with van der Waals surface area (Å²) in [6.45, 7) is 3.07. The van der Waals surface area contributed by atoms with Crippen LogP contribution in [0.3, 0.4) is 0 Å². The summed E-state index contributed by atoms with van der Waals surface area (Å²) < 4.78 is 3.21. The number of rotatable bonds is 5. The summed E-state index contributed by atoms with van der Waals surface area (Å²) in [4.78, 5) is 4.40. The average molecular weight is 308 g/mol. The zero-order valence-electron chi connectivity index (χ0n) is 10.7. The Labute approximate surface area is 116 Å². The standard InChI is InChI=1S/C14H18BrN3/c1-3-16-13(10-14-17-8-9-18(14)2)11-6-4-5-7-12(11)15/h4-9,13,16H,3,10H2,1-2H3. The van der Waals surface area contributed by atoms with E-state index in [4.69, 9.17) is 0 Å². The molecule has 18 heavy (non-hydrogen) atoms. The van der Waals surface area contributed by atoms with E-state index >= 15 is 0 Å². The number of benzene rings is 1. The van der Waals surface area contributed by atoms with E-state index < -0.39 is 0 Å². The topological polar surface area (TPSA) is 29.9 Å². The summed E-state index contributed by atoms with van der Waals surface area (Å²) in [6, 6.07) is 8.63. The van der Waals surface area contributed by atoms with Gasteiger partial charge in [-0.3, -0.25) is 0 Å². The molecule has 0 aliphatic carbocycles. The Morgan fingerprint density at radius 3 is 2.78 bits per heavy atom. The molecule has 1 atom stereocenters. The van der Waals surface area contributed by atoms with Crippen LogP contribution in [0.5, 0.6) is 0 Å². The van der Waals surface area contributed by atoms with Gasteiger partial charge in [0.15, 0.2) is 0 Å². The fourth-order valence-electron chi connectivity index (χ4n) is 2.07. The number of likely N-dealkylation sites (N-methyl/N-ethyl adjacent to an activating group) is 1. The zero-order valence-corrected chi connectivity index (χ0v) is 12.3. The summed E-state index contributed by atoms with van der Waals surface area (Å²) in [7, 11) is 2.03. The number of imidazole rings is 1. The highest BCUT2D eigenvalue weighted by molar-refractivity contribution is 9.10. The number of hydrogen-bond donors (Lipinski definition) is 1. The van der Waals surface area contributed by atoms with Gasteiger partial charge in [0, 0.05) is 36.4 Å². The van der Waals surface area contributed by atoms with Crippen LogP contribution in [0.1, 0.15) is 24.4 Å². The molecule has 1 N–H and O–H groups in total. The highest BCUT2D eigenvalue weighted by Crippen LogP contribution is 2.25. The van der Waals surface area contributed by atoms with Crippen LogP contribution in [0.25, 0.3) is 0 Å². The fourth-order valence-corrected chi connectivity index (χ4v) is 2.63. The quantitative estimate of drug-likeness (QED) is 0.920. The van der Waals surface area contributed by atoms with Crippen LogP contribution in [0.15, 0.2) is 41.1 Å². The van der Waals surface area contributed by atoms with Crippen LogP contribution in [0.2, 0.25) is 0 Å². The number of nitrogens with zero attached hydrogens (tertiary/aromatic N) is 2. The Morgan fingerprint density at radius 1 is 1.39 bits per heavy atom. The Bertz CT molecular complexity index is 507. The third-order valence-electron chi connectivity index (χ3n) is 3.04. The van der Waals surface area contributed by atoms with Crippen molar-refractivity contribution in [1.82, 2.24) is 14.9 Å². The van der Waals surface area contributed by atoms with Crippen LogP contribution < -0.4 is 5.32 Å². The lowest BCUT2D eigenvalue weighted by atomic mass is 10.0. The van der Waals surface area contributed by atoms with E-state index in [1.165, 1.54) is 5.56 Å². The van der Waals surface area contributed by atoms with Crippen LogP contribution in [-0.4, -0.2) is 16.1 Å². The van der Waals surface area contributed by atoms with Gasteiger partial charge >= 0.3 is 0 Å². The molecule has 0 bridgehead atoms. The predicted molar refractivity (Wildman–Crippen MR) is 77.5 cm³/mol. The van der Waals surface area contributed by atoms with Gasteiger partial charge in [0.05, 0.1) is 0 Å². The molecular weight excluding hydrogens is 290 g/mol. The smallest absolute Gasteiger partial charge is 0.110 e. The lowest BCUT2D eigenvalue weighted by Crippen LogP contribution is -2.24. The number of aryl methyl sites for hydroxylation is 1. The SMILES string of the molecule is CCNC(Cc1nccn1C)c1ccccc1Br. The van der Waals surface area contributed by atoms with Crippen molar-refractivity contribution in [3.63, 3.8) is 0 Å². The highest BCUT2D eigenvalue weighted by atomic mass is 79.9. The molecule has 0 saturated carbocycles. The first-order valence-corrected chi connectivity index (χ1v) is 6.95. The molecule has 1 aromatic carbocycles. The van der Waals surface area contributed by atoms with E-state index in [2.05, 4.69) is 55.9 Å². The van der Waals surface area contributed by atoms with Crippen molar-refractivity contribution in [2.75, 3.05) is 6.54 Å². The molecule has 0 aliphatic heterocycles. The Hall–Kier alpha value is -1.13. The van der Waals surface area contributed by atoms with E-state index in [0.29, 0.717) is 0 Å². The molecular formula is C14H18BrN3. The Balaban J connectivity index is 2.24. The lowest BCUT2D eigenvalue weighted by Gasteiger charge is -2.19. The van der Waals surface area contributed by atoms with E-state index in [9.17, 15) is 0 Å². The first kappa shape index (κ1) is 13.3. The maximum absolute atomic E-state index is 4.40. The molecule has 0 spiro atoms. The van der Waals surface area contributed by atoms with Gasteiger partial charge in [-0.25, -0.2) is 4.98 Å². The maximum Gasteiger partial charge on any atom is 0.110 e. The number of aromatic nitrogens is 2. The largest absolute Gasteiger partial charge is 0.338 e. The van der Waals surface area contributed by atoms with Gasteiger partial charge in [0.2, 0.25) is 0 Å². The predicted octanol–water partition coefficient (Wildman–Crippen LogP) is 3.08. The van der Waals surface area contributed by atoms with Crippen molar-refractivity contribution in [2.24, 2.45) is 7.05 Å². The third kappa shape index (κ3) is 3.00. The van der Waals surface area contributed by atoms with Crippen molar-refractivity contribution in [3.8, 4) is 0 Å². The molecule has 1 aromatic heterocycles. The molecule has 3 nitrogen and oxygen atoms in total. The van der Waals surface area contributed by atoms with Crippen molar-refractivity contribution in [3.05, 3.63) is 52.5 Å². The van der Waals surface area contributed by atoms with Crippen LogP contribution >= 0.6 is 15.9 Å². The van der Waals surface area contributed by atoms with Crippen molar-refractivity contribution in [1.29, 1.82) is 0 Å². The second-order valence-corrected chi connectivity index (χ2v) is 5.14. The number of halogens is 1. The summed E-state index contributed by atoms with van der Waals surface area (Å²) in [5, 5.41) is 3.52. The van der Waals surface area contributed by atoms with Gasteiger partial charge in [-0.05, 0) is 18.2 Å². The molecule has 1 heterocycles. The minimum Gasteiger partial charge on any atom is -0.338 e. The van der Waals surface area contributed by atoms with Gasteiger partial charge in [-0.15, -0.1) is 0 Å². The maximum atomic E-state index is 4.40. The first-order valence-electron chi connectivity index (χ1n) is 6.16. The number of nitrogens with one attached hydrogen (secondary N) is 1. The van der Waals surface area contributed by atoms with Gasteiger partial charge in [-0.2, -0.15) is 0 Å².